The zero-order valence-electron chi connectivity index (χ0n) is 15.5. The van der Waals surface area contributed by atoms with Crippen molar-refractivity contribution in [1.29, 1.82) is 0 Å². The Balaban J connectivity index is 1.74. The quantitative estimate of drug-likeness (QED) is 0.837. The molecule has 1 aliphatic rings. The molecule has 1 atom stereocenters. The molecule has 1 aromatic carbocycles. The van der Waals surface area contributed by atoms with E-state index < -0.39 is 0 Å². The Labute approximate surface area is 154 Å². The second-order valence-electron chi connectivity index (χ2n) is 7.17. The van der Waals surface area contributed by atoms with E-state index in [0.29, 0.717) is 25.1 Å². The molecule has 0 unspecified atom stereocenters. The summed E-state index contributed by atoms with van der Waals surface area (Å²) in [5.74, 6) is 0.756. The monoisotopic (exact) mass is 354 g/mol. The minimum absolute atomic E-state index is 0.0130. The SMILES string of the molecule is COc1ccc([C@H](NC(=O)Cc2cc(C)ccc2C)C2CC(O)C2)cn1. The number of aliphatic hydroxyl groups is 1. The van der Waals surface area contributed by atoms with Crippen molar-refractivity contribution in [2.45, 2.75) is 45.3 Å². The molecule has 2 aromatic rings. The van der Waals surface area contributed by atoms with Gasteiger partial charge in [-0.05, 0) is 49.3 Å². The Bertz CT molecular complexity index is 767. The third-order valence-electron chi connectivity index (χ3n) is 5.12. The molecule has 1 aliphatic carbocycles. The highest BCUT2D eigenvalue weighted by atomic mass is 16.5. The second kappa shape index (κ2) is 7.87. The van der Waals surface area contributed by atoms with Gasteiger partial charge in [-0.25, -0.2) is 4.98 Å². The van der Waals surface area contributed by atoms with Gasteiger partial charge in [0.25, 0.3) is 0 Å². The first-order valence-electron chi connectivity index (χ1n) is 8.99. The topological polar surface area (TPSA) is 71.5 Å². The molecular weight excluding hydrogens is 328 g/mol. The van der Waals surface area contributed by atoms with Crippen LogP contribution in [-0.4, -0.2) is 29.2 Å². The summed E-state index contributed by atoms with van der Waals surface area (Å²) in [6.07, 6.45) is 3.21. The molecule has 0 saturated heterocycles. The Morgan fingerprint density at radius 1 is 1.31 bits per heavy atom. The van der Waals surface area contributed by atoms with Crippen LogP contribution in [0, 0.1) is 19.8 Å². The summed E-state index contributed by atoms with van der Waals surface area (Å²) < 4.78 is 5.11. The zero-order chi connectivity index (χ0) is 18.7. The highest BCUT2D eigenvalue weighted by molar-refractivity contribution is 5.79. The van der Waals surface area contributed by atoms with Gasteiger partial charge in [0.1, 0.15) is 0 Å². The smallest absolute Gasteiger partial charge is 0.224 e. The van der Waals surface area contributed by atoms with Crippen molar-refractivity contribution in [2.24, 2.45) is 5.92 Å². The lowest BCUT2D eigenvalue weighted by molar-refractivity contribution is -0.122. The van der Waals surface area contributed by atoms with Gasteiger partial charge in [-0.15, -0.1) is 0 Å². The number of nitrogens with zero attached hydrogens (tertiary/aromatic N) is 1. The number of hydrogen-bond donors (Lipinski definition) is 2. The number of amides is 1. The predicted octanol–water partition coefficient (Wildman–Crippen LogP) is 2.88. The van der Waals surface area contributed by atoms with Gasteiger partial charge in [0.2, 0.25) is 11.8 Å². The van der Waals surface area contributed by atoms with Crippen molar-refractivity contribution < 1.29 is 14.6 Å². The van der Waals surface area contributed by atoms with Crippen LogP contribution in [0.25, 0.3) is 0 Å². The molecule has 5 nitrogen and oxygen atoms in total. The van der Waals surface area contributed by atoms with Crippen LogP contribution in [0.2, 0.25) is 0 Å². The van der Waals surface area contributed by atoms with E-state index in [1.807, 2.05) is 26.0 Å². The van der Waals surface area contributed by atoms with Crippen molar-refractivity contribution in [3.05, 3.63) is 58.8 Å². The molecule has 0 radical (unpaired) electrons. The number of hydrogen-bond acceptors (Lipinski definition) is 4. The molecule has 1 heterocycles. The van der Waals surface area contributed by atoms with Crippen LogP contribution in [0.1, 0.15) is 41.1 Å². The van der Waals surface area contributed by atoms with Gasteiger partial charge in [-0.1, -0.05) is 29.8 Å². The second-order valence-corrected chi connectivity index (χ2v) is 7.17. The van der Waals surface area contributed by atoms with E-state index in [9.17, 15) is 9.90 Å². The molecule has 1 fully saturated rings. The maximum atomic E-state index is 12.7. The number of pyridine rings is 1. The van der Waals surface area contributed by atoms with Crippen LogP contribution in [0.4, 0.5) is 0 Å². The molecule has 0 bridgehead atoms. The summed E-state index contributed by atoms with van der Waals surface area (Å²) in [6, 6.07) is 9.75. The highest BCUT2D eigenvalue weighted by Crippen LogP contribution is 2.38. The minimum atomic E-state index is -0.273. The standard InChI is InChI=1S/C21H26N2O3/c1-13-4-5-14(2)16(8-13)11-19(25)23-21(17-9-18(24)10-17)15-6-7-20(26-3)22-12-15/h4-8,12,17-18,21,24H,9-11H2,1-3H3,(H,23,25)/t17?,18?,21-/m0/s1. The lowest BCUT2D eigenvalue weighted by Crippen LogP contribution is -2.42. The van der Waals surface area contributed by atoms with Crippen LogP contribution >= 0.6 is 0 Å². The summed E-state index contributed by atoms with van der Waals surface area (Å²) in [5.41, 5.74) is 4.25. The largest absolute Gasteiger partial charge is 0.481 e. The van der Waals surface area contributed by atoms with E-state index in [2.05, 4.69) is 22.4 Å². The van der Waals surface area contributed by atoms with Gasteiger partial charge in [0, 0.05) is 12.3 Å². The van der Waals surface area contributed by atoms with Crippen LogP contribution in [0.15, 0.2) is 36.5 Å². The van der Waals surface area contributed by atoms with E-state index in [4.69, 9.17) is 4.74 Å². The van der Waals surface area contributed by atoms with Crippen molar-refractivity contribution in [3.8, 4) is 5.88 Å². The zero-order valence-corrected chi connectivity index (χ0v) is 15.5. The lowest BCUT2D eigenvalue weighted by Gasteiger charge is -2.38. The molecule has 1 aromatic heterocycles. The fraction of sp³-hybridized carbons (Fsp3) is 0.429. The Hall–Kier alpha value is -2.40. The van der Waals surface area contributed by atoms with E-state index in [1.165, 1.54) is 0 Å². The van der Waals surface area contributed by atoms with E-state index in [0.717, 1.165) is 22.3 Å². The fourth-order valence-corrected chi connectivity index (χ4v) is 3.46. The first kappa shape index (κ1) is 18.4. The number of ether oxygens (including phenoxy) is 1. The number of carbonyl (C=O) groups excluding carboxylic acids is 1. The number of benzene rings is 1. The van der Waals surface area contributed by atoms with Crippen LogP contribution in [0.3, 0.4) is 0 Å². The maximum Gasteiger partial charge on any atom is 0.224 e. The first-order chi connectivity index (χ1) is 12.5. The third-order valence-corrected chi connectivity index (χ3v) is 5.12. The van der Waals surface area contributed by atoms with Gasteiger partial charge in [0.15, 0.2) is 0 Å². The lowest BCUT2D eigenvalue weighted by atomic mass is 9.75. The average molecular weight is 354 g/mol. The summed E-state index contributed by atoms with van der Waals surface area (Å²) in [4.78, 5) is 16.9. The number of nitrogens with one attached hydrogen (secondary N) is 1. The van der Waals surface area contributed by atoms with Crippen LogP contribution in [-0.2, 0) is 11.2 Å². The Kier molecular flexibility index (Phi) is 5.57. The molecule has 0 aliphatic heterocycles. The number of aryl methyl sites for hydroxylation is 2. The molecule has 0 spiro atoms. The first-order valence-corrected chi connectivity index (χ1v) is 8.99. The number of aliphatic hydroxyl groups excluding tert-OH is 1. The Morgan fingerprint density at radius 2 is 2.08 bits per heavy atom. The van der Waals surface area contributed by atoms with E-state index >= 15 is 0 Å². The predicted molar refractivity (Wildman–Crippen MR) is 100 cm³/mol. The molecule has 1 amide bonds. The molecule has 26 heavy (non-hydrogen) atoms. The molecule has 3 rings (SSSR count). The maximum absolute atomic E-state index is 12.7. The van der Waals surface area contributed by atoms with Crippen molar-refractivity contribution in [2.75, 3.05) is 7.11 Å². The van der Waals surface area contributed by atoms with Gasteiger partial charge in [-0.3, -0.25) is 4.79 Å². The van der Waals surface area contributed by atoms with E-state index in [-0.39, 0.29) is 24.0 Å². The van der Waals surface area contributed by atoms with Gasteiger partial charge in [0.05, 0.1) is 25.7 Å². The summed E-state index contributed by atoms with van der Waals surface area (Å²) in [5, 5.41) is 12.8. The average Bonchev–Trinajstić information content (AvgIpc) is 2.60. The van der Waals surface area contributed by atoms with Crippen molar-refractivity contribution >= 4 is 5.91 Å². The number of rotatable bonds is 6. The number of carbonyl (C=O) groups is 1. The highest BCUT2D eigenvalue weighted by Gasteiger charge is 2.35. The van der Waals surface area contributed by atoms with Gasteiger partial charge in [-0.2, -0.15) is 0 Å². The van der Waals surface area contributed by atoms with Crippen LogP contribution < -0.4 is 10.1 Å². The van der Waals surface area contributed by atoms with Gasteiger partial charge < -0.3 is 15.2 Å². The molecular formula is C21H26N2O3. The summed E-state index contributed by atoms with van der Waals surface area (Å²) >= 11 is 0. The number of methoxy groups -OCH3 is 1. The van der Waals surface area contributed by atoms with Crippen LogP contribution in [0.5, 0.6) is 5.88 Å². The molecule has 5 heteroatoms. The van der Waals surface area contributed by atoms with Gasteiger partial charge >= 0.3 is 0 Å². The van der Waals surface area contributed by atoms with Crippen molar-refractivity contribution in [1.82, 2.24) is 10.3 Å². The van der Waals surface area contributed by atoms with E-state index in [1.54, 1.807) is 19.4 Å². The minimum Gasteiger partial charge on any atom is -0.481 e. The normalized spacial score (nSPS) is 20.2. The Morgan fingerprint density at radius 3 is 2.69 bits per heavy atom. The summed E-state index contributed by atoms with van der Waals surface area (Å²) in [6.45, 7) is 4.05. The molecule has 1 saturated carbocycles. The molecule has 138 valence electrons. The summed E-state index contributed by atoms with van der Waals surface area (Å²) in [7, 11) is 1.58. The van der Waals surface area contributed by atoms with Crippen molar-refractivity contribution in [3.63, 3.8) is 0 Å². The third kappa shape index (κ3) is 4.22. The fourth-order valence-electron chi connectivity index (χ4n) is 3.46. The number of aromatic nitrogens is 1. The molecule has 2 N–H and O–H groups in total.